The third-order valence-corrected chi connectivity index (χ3v) is 4.28. The molecule has 3 atom stereocenters. The van der Waals surface area contributed by atoms with Gasteiger partial charge in [-0.15, -0.1) is 0 Å². The summed E-state index contributed by atoms with van der Waals surface area (Å²) in [6.45, 7) is 5.49. The molecule has 1 heterocycles. The first-order valence-corrected chi connectivity index (χ1v) is 7.21. The molecule has 1 saturated heterocycles. The minimum Gasteiger partial charge on any atom is -0.381 e. The molecule has 0 aromatic heterocycles. The van der Waals surface area contributed by atoms with E-state index in [0.29, 0.717) is 0 Å². The average Bonchev–Trinajstić information content (AvgIpc) is 2.73. The number of ether oxygens (including phenoxy) is 1. The highest BCUT2D eigenvalue weighted by atomic mass is 16.5. The molecule has 1 aliphatic carbocycles. The van der Waals surface area contributed by atoms with E-state index in [1.165, 1.54) is 51.5 Å². The standard InChI is InChI=1S/C14H27NO/c1-2-8-15-14-6-4-3-5-12(10-14)13-7-9-16-11-13/h12-15H,2-11H2,1H3. The first-order chi connectivity index (χ1) is 7.90. The SMILES string of the molecule is CCCNC1CCCCC(C2CCOC2)C1. The Hall–Kier alpha value is -0.0800. The van der Waals surface area contributed by atoms with E-state index in [0.717, 1.165) is 31.1 Å². The fraction of sp³-hybridized carbons (Fsp3) is 1.00. The van der Waals surface area contributed by atoms with Crippen LogP contribution in [0.25, 0.3) is 0 Å². The molecule has 16 heavy (non-hydrogen) atoms. The van der Waals surface area contributed by atoms with Crippen molar-refractivity contribution in [1.82, 2.24) is 5.32 Å². The predicted molar refractivity (Wildman–Crippen MR) is 67.6 cm³/mol. The van der Waals surface area contributed by atoms with Gasteiger partial charge in [-0.3, -0.25) is 0 Å². The molecule has 2 heteroatoms. The van der Waals surface area contributed by atoms with Crippen molar-refractivity contribution in [3.63, 3.8) is 0 Å². The molecule has 3 unspecified atom stereocenters. The van der Waals surface area contributed by atoms with Crippen LogP contribution in [0, 0.1) is 11.8 Å². The Morgan fingerprint density at radius 1 is 1.12 bits per heavy atom. The van der Waals surface area contributed by atoms with E-state index in [-0.39, 0.29) is 0 Å². The van der Waals surface area contributed by atoms with Crippen molar-refractivity contribution in [2.24, 2.45) is 11.8 Å². The largest absolute Gasteiger partial charge is 0.381 e. The van der Waals surface area contributed by atoms with Gasteiger partial charge >= 0.3 is 0 Å². The molecule has 0 amide bonds. The Morgan fingerprint density at radius 3 is 2.75 bits per heavy atom. The van der Waals surface area contributed by atoms with Crippen LogP contribution in [0.5, 0.6) is 0 Å². The lowest BCUT2D eigenvalue weighted by Crippen LogP contribution is -2.32. The Labute approximate surface area is 100 Å². The van der Waals surface area contributed by atoms with Gasteiger partial charge in [0, 0.05) is 19.3 Å². The molecule has 2 rings (SSSR count). The van der Waals surface area contributed by atoms with Gasteiger partial charge in [0.2, 0.25) is 0 Å². The summed E-state index contributed by atoms with van der Waals surface area (Å²) in [7, 11) is 0. The maximum atomic E-state index is 5.55. The number of nitrogens with one attached hydrogen (secondary N) is 1. The van der Waals surface area contributed by atoms with Crippen LogP contribution in [0.2, 0.25) is 0 Å². The smallest absolute Gasteiger partial charge is 0.0497 e. The van der Waals surface area contributed by atoms with Gasteiger partial charge in [-0.1, -0.05) is 26.2 Å². The van der Waals surface area contributed by atoms with Gasteiger partial charge in [0.25, 0.3) is 0 Å². The highest BCUT2D eigenvalue weighted by molar-refractivity contribution is 4.82. The van der Waals surface area contributed by atoms with E-state index in [2.05, 4.69) is 12.2 Å². The third kappa shape index (κ3) is 3.46. The highest BCUT2D eigenvalue weighted by Crippen LogP contribution is 2.33. The van der Waals surface area contributed by atoms with E-state index in [4.69, 9.17) is 4.74 Å². The van der Waals surface area contributed by atoms with Crippen LogP contribution in [0.1, 0.15) is 51.9 Å². The van der Waals surface area contributed by atoms with Crippen molar-refractivity contribution in [3.05, 3.63) is 0 Å². The molecule has 0 bridgehead atoms. The summed E-state index contributed by atoms with van der Waals surface area (Å²) in [5.41, 5.74) is 0. The average molecular weight is 225 g/mol. The van der Waals surface area contributed by atoms with Gasteiger partial charge in [-0.05, 0) is 44.1 Å². The summed E-state index contributed by atoms with van der Waals surface area (Å²) in [4.78, 5) is 0. The second kappa shape index (κ2) is 6.61. The normalized spacial score (nSPS) is 36.2. The molecule has 1 aliphatic heterocycles. The molecular weight excluding hydrogens is 198 g/mol. The maximum Gasteiger partial charge on any atom is 0.0497 e. The second-order valence-corrected chi connectivity index (χ2v) is 5.55. The zero-order valence-electron chi connectivity index (χ0n) is 10.7. The molecule has 2 fully saturated rings. The van der Waals surface area contributed by atoms with Gasteiger partial charge in [0.1, 0.15) is 0 Å². The monoisotopic (exact) mass is 225 g/mol. The van der Waals surface area contributed by atoms with Gasteiger partial charge < -0.3 is 10.1 Å². The van der Waals surface area contributed by atoms with Crippen molar-refractivity contribution in [2.75, 3.05) is 19.8 Å². The van der Waals surface area contributed by atoms with Crippen LogP contribution >= 0.6 is 0 Å². The van der Waals surface area contributed by atoms with E-state index in [1.807, 2.05) is 0 Å². The number of hydrogen-bond donors (Lipinski definition) is 1. The van der Waals surface area contributed by atoms with Gasteiger partial charge in [-0.25, -0.2) is 0 Å². The zero-order valence-corrected chi connectivity index (χ0v) is 10.7. The van der Waals surface area contributed by atoms with Crippen molar-refractivity contribution < 1.29 is 4.74 Å². The summed E-state index contributed by atoms with van der Waals surface area (Å²) in [5, 5.41) is 3.72. The van der Waals surface area contributed by atoms with E-state index in [1.54, 1.807) is 0 Å². The Balaban J connectivity index is 1.82. The van der Waals surface area contributed by atoms with Crippen LogP contribution in [-0.4, -0.2) is 25.8 Å². The molecule has 94 valence electrons. The summed E-state index contributed by atoms with van der Waals surface area (Å²) in [6, 6.07) is 0.785. The van der Waals surface area contributed by atoms with Crippen LogP contribution < -0.4 is 5.32 Å². The van der Waals surface area contributed by atoms with Gasteiger partial charge in [0.15, 0.2) is 0 Å². The molecule has 0 radical (unpaired) electrons. The van der Waals surface area contributed by atoms with Crippen LogP contribution in [0.4, 0.5) is 0 Å². The summed E-state index contributed by atoms with van der Waals surface area (Å²) >= 11 is 0. The van der Waals surface area contributed by atoms with E-state index < -0.39 is 0 Å². The Kier molecular flexibility index (Phi) is 5.11. The predicted octanol–water partition coefficient (Wildman–Crippen LogP) is 2.97. The minimum absolute atomic E-state index is 0.785. The highest BCUT2D eigenvalue weighted by Gasteiger charge is 2.29. The summed E-state index contributed by atoms with van der Waals surface area (Å²) in [6.07, 6.45) is 9.66. The Bertz CT molecular complexity index is 189. The maximum absolute atomic E-state index is 5.55. The van der Waals surface area contributed by atoms with E-state index >= 15 is 0 Å². The van der Waals surface area contributed by atoms with Crippen LogP contribution in [-0.2, 0) is 4.74 Å². The first-order valence-electron chi connectivity index (χ1n) is 7.21. The van der Waals surface area contributed by atoms with Crippen molar-refractivity contribution in [3.8, 4) is 0 Å². The van der Waals surface area contributed by atoms with Gasteiger partial charge in [0.05, 0.1) is 0 Å². The first kappa shape index (κ1) is 12.4. The fourth-order valence-corrected chi connectivity index (χ4v) is 3.28. The number of rotatable bonds is 4. The lowest BCUT2D eigenvalue weighted by Gasteiger charge is -2.25. The molecule has 1 N–H and O–H groups in total. The lowest BCUT2D eigenvalue weighted by molar-refractivity contribution is 0.165. The molecule has 0 spiro atoms. The van der Waals surface area contributed by atoms with Crippen molar-refractivity contribution in [1.29, 1.82) is 0 Å². The van der Waals surface area contributed by atoms with Crippen LogP contribution in [0.3, 0.4) is 0 Å². The summed E-state index contributed by atoms with van der Waals surface area (Å²) in [5.74, 6) is 1.79. The van der Waals surface area contributed by atoms with Gasteiger partial charge in [-0.2, -0.15) is 0 Å². The fourth-order valence-electron chi connectivity index (χ4n) is 3.28. The van der Waals surface area contributed by atoms with Crippen molar-refractivity contribution in [2.45, 2.75) is 57.9 Å². The third-order valence-electron chi connectivity index (χ3n) is 4.28. The molecule has 2 nitrogen and oxygen atoms in total. The topological polar surface area (TPSA) is 21.3 Å². The minimum atomic E-state index is 0.785. The van der Waals surface area contributed by atoms with Crippen molar-refractivity contribution >= 4 is 0 Å². The molecule has 0 aromatic carbocycles. The lowest BCUT2D eigenvalue weighted by atomic mass is 9.84. The van der Waals surface area contributed by atoms with Crippen LogP contribution in [0.15, 0.2) is 0 Å². The number of hydrogen-bond acceptors (Lipinski definition) is 2. The molecular formula is C14H27NO. The summed E-state index contributed by atoms with van der Waals surface area (Å²) < 4.78 is 5.55. The quantitative estimate of drug-likeness (QED) is 0.743. The molecule has 2 aliphatic rings. The molecule has 1 saturated carbocycles. The second-order valence-electron chi connectivity index (χ2n) is 5.55. The zero-order chi connectivity index (χ0) is 11.2. The molecule has 0 aromatic rings. The van der Waals surface area contributed by atoms with E-state index in [9.17, 15) is 0 Å². The Morgan fingerprint density at radius 2 is 2.00 bits per heavy atom.